The summed E-state index contributed by atoms with van der Waals surface area (Å²) in [6.07, 6.45) is 1.49. The van der Waals surface area contributed by atoms with Crippen LogP contribution < -0.4 is 4.90 Å². The van der Waals surface area contributed by atoms with Crippen molar-refractivity contribution < 1.29 is 23.1 Å². The molecule has 0 bridgehead atoms. The van der Waals surface area contributed by atoms with Crippen LogP contribution in [0.2, 0.25) is 0 Å². The first kappa shape index (κ1) is 22.9. The molecule has 0 saturated carbocycles. The second-order valence-corrected chi connectivity index (χ2v) is 9.56. The number of benzene rings is 2. The van der Waals surface area contributed by atoms with Crippen LogP contribution in [0.5, 0.6) is 0 Å². The highest BCUT2D eigenvalue weighted by atomic mass is 127. The van der Waals surface area contributed by atoms with Crippen LogP contribution in [-0.2, 0) is 4.74 Å². The number of carbonyl (C=O) groups is 2. The fourth-order valence-corrected chi connectivity index (χ4v) is 4.95. The molecule has 0 aliphatic carbocycles. The number of anilines is 2. The summed E-state index contributed by atoms with van der Waals surface area (Å²) in [5.41, 5.74) is 0.596. The zero-order valence-electron chi connectivity index (χ0n) is 18.1. The zero-order chi connectivity index (χ0) is 23.2. The summed E-state index contributed by atoms with van der Waals surface area (Å²) in [5.74, 6) is -3.91. The number of hydrogen-bond donors (Lipinski definition) is 0. The van der Waals surface area contributed by atoms with Gasteiger partial charge in [-0.3, -0.25) is 4.79 Å². The third kappa shape index (κ3) is 4.07. The highest BCUT2D eigenvalue weighted by Gasteiger charge is 2.35. The van der Waals surface area contributed by atoms with Crippen molar-refractivity contribution in [2.75, 3.05) is 38.8 Å². The van der Waals surface area contributed by atoms with Gasteiger partial charge in [0.15, 0.2) is 18.4 Å². The quantitative estimate of drug-likeness (QED) is 0.418. The van der Waals surface area contributed by atoms with Gasteiger partial charge in [0.05, 0.1) is 16.8 Å². The summed E-state index contributed by atoms with van der Waals surface area (Å²) in [4.78, 5) is 30.6. The van der Waals surface area contributed by atoms with E-state index in [1.807, 2.05) is 26.1 Å². The lowest BCUT2D eigenvalue weighted by Gasteiger charge is -2.35. The molecule has 32 heavy (non-hydrogen) atoms. The van der Waals surface area contributed by atoms with Crippen molar-refractivity contribution in [1.29, 1.82) is 0 Å². The summed E-state index contributed by atoms with van der Waals surface area (Å²) >= 11 is 2.16. The van der Waals surface area contributed by atoms with E-state index in [2.05, 4.69) is 27.5 Å². The number of rotatable bonds is 3. The predicted octanol–water partition coefficient (Wildman–Crippen LogP) is 4.31. The minimum absolute atomic E-state index is 0.0740. The number of hydrogen-bond acceptors (Lipinski definition) is 5. The Bertz CT molecular complexity index is 1090. The van der Waals surface area contributed by atoms with Crippen molar-refractivity contribution >= 4 is 45.8 Å². The zero-order valence-corrected chi connectivity index (χ0v) is 20.3. The number of cyclic esters (lactones) is 1. The number of ether oxygens (including phenoxy) is 1. The number of aryl methyl sites for hydroxylation is 1. The molecule has 0 N–H and O–H groups in total. The largest absolute Gasteiger partial charge is 0.440 e. The van der Waals surface area contributed by atoms with Gasteiger partial charge >= 0.3 is 5.97 Å². The molecular weight excluding hydrogens is 531 g/mol. The van der Waals surface area contributed by atoms with Gasteiger partial charge in [-0.2, -0.15) is 0 Å². The average Bonchev–Trinajstić information content (AvgIpc) is 2.76. The first-order chi connectivity index (χ1) is 15.2. The summed E-state index contributed by atoms with van der Waals surface area (Å²) in [6.45, 7) is 3.24. The fraction of sp³-hybridized carbons (Fsp3) is 0.391. The molecule has 9 heteroatoms. The van der Waals surface area contributed by atoms with Gasteiger partial charge in [0, 0.05) is 22.3 Å². The van der Waals surface area contributed by atoms with Crippen molar-refractivity contribution in [2.45, 2.75) is 25.8 Å². The summed E-state index contributed by atoms with van der Waals surface area (Å²) in [7, 11) is 3.60. The molecule has 170 valence electrons. The van der Waals surface area contributed by atoms with E-state index in [4.69, 9.17) is 4.74 Å². The van der Waals surface area contributed by atoms with Crippen LogP contribution in [0, 0.1) is 22.1 Å². The van der Waals surface area contributed by atoms with Crippen molar-refractivity contribution in [2.24, 2.45) is 0 Å². The van der Waals surface area contributed by atoms with Gasteiger partial charge in [0.2, 0.25) is 0 Å². The molecule has 1 fully saturated rings. The predicted molar refractivity (Wildman–Crippen MR) is 125 cm³/mol. The number of nitrogens with zero attached hydrogens (tertiary/aromatic N) is 3. The van der Waals surface area contributed by atoms with Gasteiger partial charge in [-0.25, -0.2) is 13.6 Å². The Labute approximate surface area is 199 Å². The maximum absolute atomic E-state index is 15.4. The number of esters is 1. The van der Waals surface area contributed by atoms with E-state index in [1.54, 1.807) is 13.1 Å². The molecule has 0 unspecified atom stereocenters. The van der Waals surface area contributed by atoms with E-state index in [1.165, 1.54) is 9.80 Å². The van der Waals surface area contributed by atoms with Crippen LogP contribution in [0.4, 0.5) is 20.2 Å². The Balaban J connectivity index is 1.74. The van der Waals surface area contributed by atoms with Gasteiger partial charge in [-0.05, 0) is 92.3 Å². The first-order valence-corrected chi connectivity index (χ1v) is 11.5. The molecule has 0 aromatic heterocycles. The third-order valence-corrected chi connectivity index (χ3v) is 6.90. The lowest BCUT2D eigenvalue weighted by atomic mass is 10.0. The number of amides is 1. The van der Waals surface area contributed by atoms with E-state index < -0.39 is 29.1 Å². The van der Waals surface area contributed by atoms with Crippen LogP contribution >= 0.6 is 22.6 Å². The Morgan fingerprint density at radius 3 is 2.53 bits per heavy atom. The molecule has 0 radical (unpaired) electrons. The molecule has 0 atom stereocenters. The van der Waals surface area contributed by atoms with E-state index in [0.29, 0.717) is 5.69 Å². The highest BCUT2D eigenvalue weighted by Crippen LogP contribution is 2.39. The third-order valence-electron chi connectivity index (χ3n) is 6.23. The van der Waals surface area contributed by atoms with E-state index in [-0.39, 0.29) is 24.0 Å². The molecule has 0 spiro atoms. The molecule has 1 saturated heterocycles. The molecule has 2 aromatic rings. The smallest absolute Gasteiger partial charge is 0.342 e. The van der Waals surface area contributed by atoms with Gasteiger partial charge < -0.3 is 19.4 Å². The summed E-state index contributed by atoms with van der Waals surface area (Å²) in [6, 6.07) is 6.55. The molecule has 2 aromatic carbocycles. The van der Waals surface area contributed by atoms with E-state index in [9.17, 15) is 9.59 Å². The van der Waals surface area contributed by atoms with Crippen molar-refractivity contribution in [3.63, 3.8) is 0 Å². The van der Waals surface area contributed by atoms with Crippen LogP contribution in [0.1, 0.15) is 39.1 Å². The number of fused-ring (bicyclic) bond motifs is 1. The highest BCUT2D eigenvalue weighted by molar-refractivity contribution is 14.1. The van der Waals surface area contributed by atoms with Crippen molar-refractivity contribution in [1.82, 2.24) is 9.80 Å². The van der Waals surface area contributed by atoms with Crippen LogP contribution in [0.3, 0.4) is 0 Å². The Hall–Kier alpha value is -2.27. The maximum Gasteiger partial charge on any atom is 0.342 e. The first-order valence-electron chi connectivity index (χ1n) is 10.4. The lowest BCUT2D eigenvalue weighted by Crippen LogP contribution is -2.45. The fourth-order valence-electron chi connectivity index (χ4n) is 4.31. The van der Waals surface area contributed by atoms with Crippen LogP contribution in [0.25, 0.3) is 0 Å². The Morgan fingerprint density at radius 1 is 1.19 bits per heavy atom. The number of likely N-dealkylation sites (tertiary alicyclic amines) is 1. The van der Waals surface area contributed by atoms with Crippen molar-refractivity contribution in [3.05, 3.63) is 56.2 Å². The Kier molecular flexibility index (Phi) is 6.39. The SMILES string of the molecule is Cc1cc(I)ccc1N1COC(=O)c2cc(C(=O)N(C)C3CCN(C)CC3)c(F)c(F)c21. The summed E-state index contributed by atoms with van der Waals surface area (Å²) < 4.78 is 36.8. The molecule has 1 amide bonds. The molecular formula is C23H24F2IN3O3. The van der Waals surface area contributed by atoms with E-state index >= 15 is 8.78 Å². The van der Waals surface area contributed by atoms with Gasteiger partial charge in [0.25, 0.3) is 5.91 Å². The van der Waals surface area contributed by atoms with Crippen LogP contribution in [0.15, 0.2) is 24.3 Å². The number of piperidine rings is 1. The molecule has 4 rings (SSSR count). The van der Waals surface area contributed by atoms with Gasteiger partial charge in [-0.1, -0.05) is 0 Å². The molecule has 6 nitrogen and oxygen atoms in total. The topological polar surface area (TPSA) is 53.1 Å². The van der Waals surface area contributed by atoms with E-state index in [0.717, 1.165) is 41.1 Å². The number of carbonyl (C=O) groups excluding carboxylic acids is 2. The van der Waals surface area contributed by atoms with Gasteiger partial charge in [0.1, 0.15) is 0 Å². The standard InChI is InChI=1S/C23H24F2IN3O3/c1-13-10-14(26)4-5-18(13)29-12-32-23(31)17-11-16(19(24)20(25)21(17)29)22(30)28(3)15-6-8-27(2)9-7-15/h4-5,10-11,15H,6-9,12H2,1-3H3. The minimum Gasteiger partial charge on any atom is -0.440 e. The normalized spacial score (nSPS) is 17.2. The monoisotopic (exact) mass is 555 g/mol. The second-order valence-electron chi connectivity index (χ2n) is 8.32. The minimum atomic E-state index is -1.25. The molecule has 2 aliphatic rings. The Morgan fingerprint density at radius 2 is 1.88 bits per heavy atom. The average molecular weight is 555 g/mol. The summed E-state index contributed by atoms with van der Waals surface area (Å²) in [5, 5.41) is 0. The number of halogens is 3. The van der Waals surface area contributed by atoms with Crippen molar-refractivity contribution in [3.8, 4) is 0 Å². The molecule has 2 aliphatic heterocycles. The second kappa shape index (κ2) is 8.93. The lowest BCUT2D eigenvalue weighted by molar-refractivity contribution is 0.0491. The molecule has 2 heterocycles. The maximum atomic E-state index is 15.4. The van der Waals surface area contributed by atoms with Gasteiger partial charge in [-0.15, -0.1) is 0 Å². The van der Waals surface area contributed by atoms with Crippen LogP contribution in [-0.4, -0.2) is 61.6 Å².